The van der Waals surface area contributed by atoms with E-state index >= 15 is 0 Å². The van der Waals surface area contributed by atoms with Crippen molar-refractivity contribution in [2.45, 2.75) is 58.3 Å². The Morgan fingerprint density at radius 2 is 1.90 bits per heavy atom. The molecule has 2 aliphatic rings. The molecule has 2 fully saturated rings. The van der Waals surface area contributed by atoms with Gasteiger partial charge in [0.1, 0.15) is 0 Å². The Morgan fingerprint density at radius 3 is 2.61 bits per heavy atom. The molecule has 2 aliphatic heterocycles. The van der Waals surface area contributed by atoms with Gasteiger partial charge in [0.15, 0.2) is 0 Å². The van der Waals surface area contributed by atoms with Crippen molar-refractivity contribution < 1.29 is 4.79 Å². The first-order chi connectivity index (χ1) is 15.1. The molecule has 0 aliphatic carbocycles. The fourth-order valence-corrected chi connectivity index (χ4v) is 5.51. The number of aromatic nitrogens is 3. The van der Waals surface area contributed by atoms with Crippen molar-refractivity contribution in [3.8, 4) is 0 Å². The Morgan fingerprint density at radius 1 is 1.16 bits per heavy atom. The van der Waals surface area contributed by atoms with Crippen LogP contribution in [0.5, 0.6) is 0 Å². The summed E-state index contributed by atoms with van der Waals surface area (Å²) in [6, 6.07) is 1.59. The number of carbonyl (C=O) groups excluding carboxylic acids is 1. The van der Waals surface area contributed by atoms with Crippen molar-refractivity contribution in [2.75, 3.05) is 44.2 Å². The number of rotatable bonds is 7. The number of nitrogens with one attached hydrogen (secondary N) is 1. The molecule has 9 heteroatoms. The maximum absolute atomic E-state index is 12.6. The van der Waals surface area contributed by atoms with Crippen LogP contribution in [0.2, 0.25) is 0 Å². The third kappa shape index (κ3) is 5.63. The standard InChI is InChI=1S/C22H34N6O2S/c1-2-7-18-16-19(29)28-21(24-18)31-22(25-28)27-13-8-17(9-14-27)20(30)23-10-15-26-11-5-3-4-6-12-26/h16-17H,2-15H2,1H3,(H,23,30). The number of nitrogens with zero attached hydrogens (tertiary/aromatic N) is 5. The van der Waals surface area contributed by atoms with Crippen LogP contribution in [0.1, 0.15) is 57.6 Å². The van der Waals surface area contributed by atoms with Gasteiger partial charge in [-0.25, -0.2) is 4.98 Å². The first-order valence-electron chi connectivity index (χ1n) is 11.8. The molecular weight excluding hydrogens is 412 g/mol. The number of likely N-dealkylation sites (tertiary alicyclic amines) is 1. The number of hydrogen-bond acceptors (Lipinski definition) is 7. The van der Waals surface area contributed by atoms with E-state index in [1.807, 2.05) is 0 Å². The van der Waals surface area contributed by atoms with E-state index < -0.39 is 0 Å². The van der Waals surface area contributed by atoms with E-state index in [1.54, 1.807) is 6.07 Å². The van der Waals surface area contributed by atoms with Gasteiger partial charge in [0, 0.05) is 43.9 Å². The summed E-state index contributed by atoms with van der Waals surface area (Å²) in [7, 11) is 0. The van der Waals surface area contributed by atoms with Crippen molar-refractivity contribution in [1.29, 1.82) is 0 Å². The van der Waals surface area contributed by atoms with Crippen molar-refractivity contribution in [1.82, 2.24) is 24.8 Å². The van der Waals surface area contributed by atoms with Crippen LogP contribution in [0.3, 0.4) is 0 Å². The predicted octanol–water partition coefficient (Wildman–Crippen LogP) is 2.31. The largest absolute Gasteiger partial charge is 0.355 e. The Labute approximate surface area is 187 Å². The lowest BCUT2D eigenvalue weighted by Gasteiger charge is -2.30. The summed E-state index contributed by atoms with van der Waals surface area (Å²) in [5.41, 5.74) is 0.716. The Balaban J connectivity index is 1.27. The van der Waals surface area contributed by atoms with Gasteiger partial charge < -0.3 is 15.1 Å². The van der Waals surface area contributed by atoms with Gasteiger partial charge >= 0.3 is 0 Å². The van der Waals surface area contributed by atoms with Gasteiger partial charge in [0.2, 0.25) is 16.0 Å². The smallest absolute Gasteiger partial charge is 0.275 e. The van der Waals surface area contributed by atoms with E-state index in [9.17, 15) is 9.59 Å². The van der Waals surface area contributed by atoms with Gasteiger partial charge in [0.05, 0.1) is 0 Å². The summed E-state index contributed by atoms with van der Waals surface area (Å²) in [6.45, 7) is 7.66. The molecule has 0 radical (unpaired) electrons. The van der Waals surface area contributed by atoms with Gasteiger partial charge in [0.25, 0.3) is 5.56 Å². The molecule has 2 aromatic rings. The summed E-state index contributed by atoms with van der Waals surface area (Å²) in [6.07, 6.45) is 8.61. The maximum atomic E-state index is 12.6. The average Bonchev–Trinajstić information content (AvgIpc) is 3.03. The van der Waals surface area contributed by atoms with Crippen molar-refractivity contribution in [2.24, 2.45) is 5.92 Å². The highest BCUT2D eigenvalue weighted by Gasteiger charge is 2.27. The predicted molar refractivity (Wildman–Crippen MR) is 124 cm³/mol. The van der Waals surface area contributed by atoms with Crippen LogP contribution in [0.15, 0.2) is 10.9 Å². The molecule has 31 heavy (non-hydrogen) atoms. The van der Waals surface area contributed by atoms with Gasteiger partial charge in [-0.15, -0.1) is 5.10 Å². The summed E-state index contributed by atoms with van der Waals surface area (Å²) < 4.78 is 1.40. The number of aryl methyl sites for hydroxylation is 1. The molecule has 170 valence electrons. The highest BCUT2D eigenvalue weighted by Crippen LogP contribution is 2.27. The van der Waals surface area contributed by atoms with Gasteiger partial charge in [-0.2, -0.15) is 4.52 Å². The zero-order valence-electron chi connectivity index (χ0n) is 18.5. The minimum Gasteiger partial charge on any atom is -0.355 e. The molecule has 4 rings (SSSR count). The molecule has 0 saturated carbocycles. The lowest BCUT2D eigenvalue weighted by atomic mass is 9.96. The van der Waals surface area contributed by atoms with Crippen molar-refractivity contribution >= 4 is 27.3 Å². The Bertz CT molecular complexity index is 926. The third-order valence-electron chi connectivity index (χ3n) is 6.36. The topological polar surface area (TPSA) is 82.8 Å². The second-order valence-electron chi connectivity index (χ2n) is 8.72. The third-order valence-corrected chi connectivity index (χ3v) is 7.32. The second-order valence-corrected chi connectivity index (χ2v) is 9.66. The van der Waals surface area contributed by atoms with E-state index in [1.165, 1.54) is 41.5 Å². The number of piperidine rings is 1. The molecule has 1 N–H and O–H groups in total. The number of fused-ring (bicyclic) bond motifs is 1. The zero-order chi connectivity index (χ0) is 21.6. The normalized spacial score (nSPS) is 18.9. The fourth-order valence-electron chi connectivity index (χ4n) is 4.53. The van der Waals surface area contributed by atoms with Crippen LogP contribution >= 0.6 is 11.3 Å². The highest BCUT2D eigenvalue weighted by molar-refractivity contribution is 7.20. The summed E-state index contributed by atoms with van der Waals surface area (Å²) >= 11 is 1.46. The van der Waals surface area contributed by atoms with E-state index in [2.05, 4.69) is 32.1 Å². The van der Waals surface area contributed by atoms with Crippen LogP contribution in [0.4, 0.5) is 5.13 Å². The molecule has 0 atom stereocenters. The van der Waals surface area contributed by atoms with E-state index in [0.717, 1.165) is 75.8 Å². The molecule has 0 bridgehead atoms. The molecule has 8 nitrogen and oxygen atoms in total. The van der Waals surface area contributed by atoms with E-state index in [-0.39, 0.29) is 17.4 Å². The maximum Gasteiger partial charge on any atom is 0.275 e. The van der Waals surface area contributed by atoms with Crippen LogP contribution < -0.4 is 15.8 Å². The molecule has 0 aromatic carbocycles. The first-order valence-corrected chi connectivity index (χ1v) is 12.6. The number of hydrogen-bond donors (Lipinski definition) is 1. The molecular formula is C22H34N6O2S. The summed E-state index contributed by atoms with van der Waals surface area (Å²) in [5.74, 6) is 0.243. The lowest BCUT2D eigenvalue weighted by molar-refractivity contribution is -0.125. The van der Waals surface area contributed by atoms with Gasteiger partial charge in [-0.3, -0.25) is 9.59 Å². The second kappa shape index (κ2) is 10.5. The average molecular weight is 447 g/mol. The molecule has 4 heterocycles. The van der Waals surface area contributed by atoms with Crippen LogP contribution in [-0.4, -0.2) is 64.7 Å². The monoisotopic (exact) mass is 446 g/mol. The molecule has 0 spiro atoms. The Hall–Kier alpha value is -2.00. The molecule has 0 unspecified atom stereocenters. The van der Waals surface area contributed by atoms with Crippen molar-refractivity contribution in [3.05, 3.63) is 22.1 Å². The fraction of sp³-hybridized carbons (Fsp3) is 0.727. The minimum absolute atomic E-state index is 0.0618. The molecule has 2 saturated heterocycles. The quantitative estimate of drug-likeness (QED) is 0.703. The van der Waals surface area contributed by atoms with Crippen LogP contribution in [0, 0.1) is 5.92 Å². The number of anilines is 1. The van der Waals surface area contributed by atoms with Gasteiger partial charge in [-0.05, 0) is 45.2 Å². The number of amides is 1. The molecule has 1 amide bonds. The van der Waals surface area contributed by atoms with Crippen molar-refractivity contribution in [3.63, 3.8) is 0 Å². The van der Waals surface area contributed by atoms with Crippen LogP contribution in [0.25, 0.3) is 4.96 Å². The van der Waals surface area contributed by atoms with E-state index in [0.29, 0.717) is 4.96 Å². The Kier molecular flexibility index (Phi) is 7.55. The van der Waals surface area contributed by atoms with E-state index in [4.69, 9.17) is 0 Å². The van der Waals surface area contributed by atoms with Crippen LogP contribution in [-0.2, 0) is 11.2 Å². The van der Waals surface area contributed by atoms with Gasteiger partial charge in [-0.1, -0.05) is 37.5 Å². The number of carbonyl (C=O) groups is 1. The summed E-state index contributed by atoms with van der Waals surface area (Å²) in [5, 5.41) is 8.47. The minimum atomic E-state index is -0.116. The molecule has 2 aromatic heterocycles. The summed E-state index contributed by atoms with van der Waals surface area (Å²) in [4.78, 5) is 34.9. The zero-order valence-corrected chi connectivity index (χ0v) is 19.3. The lowest BCUT2D eigenvalue weighted by Crippen LogP contribution is -2.42. The first kappa shape index (κ1) is 22.2. The highest BCUT2D eigenvalue weighted by atomic mass is 32.1. The SMILES string of the molecule is CCCc1cc(=O)n2nc(N3CCC(C(=O)NCCN4CCCCCC4)CC3)sc2n1.